The Morgan fingerprint density at radius 2 is 2.06 bits per heavy atom. The van der Waals surface area contributed by atoms with Gasteiger partial charge in [-0.3, -0.25) is 0 Å². The van der Waals surface area contributed by atoms with Crippen LogP contribution in [0.25, 0.3) is 0 Å². The summed E-state index contributed by atoms with van der Waals surface area (Å²) in [4.78, 5) is 0. The van der Waals surface area contributed by atoms with Crippen molar-refractivity contribution in [2.24, 2.45) is 5.41 Å². The molecular weight excluding hydrogens is 254 g/mol. The maximum atomic E-state index is 3.79. The second kappa shape index (κ2) is 6.26. The Balaban J connectivity index is 1.68. The van der Waals surface area contributed by atoms with Crippen LogP contribution in [0, 0.1) is 5.41 Å². The average Bonchev–Trinajstić information content (AvgIpc) is 2.27. The van der Waals surface area contributed by atoms with E-state index in [-0.39, 0.29) is 0 Å². The van der Waals surface area contributed by atoms with Crippen molar-refractivity contribution in [3.63, 3.8) is 0 Å². The first-order valence-electron chi connectivity index (χ1n) is 6.16. The topological polar surface area (TPSA) is 12.0 Å². The van der Waals surface area contributed by atoms with Gasteiger partial charge < -0.3 is 5.32 Å². The molecule has 2 aliphatic heterocycles. The van der Waals surface area contributed by atoms with Gasteiger partial charge in [0.2, 0.25) is 0 Å². The van der Waals surface area contributed by atoms with E-state index in [1.807, 2.05) is 0 Å². The molecule has 0 saturated carbocycles. The second-order valence-corrected chi connectivity index (χ2v) is 9.14. The minimum Gasteiger partial charge on any atom is -0.312 e. The predicted octanol–water partition coefficient (Wildman–Crippen LogP) is 2.96. The summed E-state index contributed by atoms with van der Waals surface area (Å²) in [5.74, 6) is 6.70. The maximum absolute atomic E-state index is 3.79. The normalized spacial score (nSPS) is 34.9. The van der Waals surface area contributed by atoms with Gasteiger partial charge in [0, 0.05) is 40.8 Å². The molecule has 2 fully saturated rings. The molecule has 0 aromatic rings. The summed E-state index contributed by atoms with van der Waals surface area (Å²) in [6.45, 7) is 6.02. The zero-order valence-corrected chi connectivity index (χ0v) is 12.8. The van der Waals surface area contributed by atoms with Crippen LogP contribution >= 0.6 is 35.3 Å². The molecule has 16 heavy (non-hydrogen) atoms. The van der Waals surface area contributed by atoms with Gasteiger partial charge >= 0.3 is 0 Å². The van der Waals surface area contributed by atoms with Gasteiger partial charge in [-0.1, -0.05) is 13.8 Å². The van der Waals surface area contributed by atoms with E-state index in [9.17, 15) is 0 Å². The van der Waals surface area contributed by atoms with Crippen LogP contribution in [0.15, 0.2) is 0 Å². The van der Waals surface area contributed by atoms with Crippen molar-refractivity contribution in [2.45, 2.75) is 31.6 Å². The lowest BCUT2D eigenvalue weighted by molar-refractivity contribution is 0.319. The van der Waals surface area contributed by atoms with Crippen LogP contribution in [0.4, 0.5) is 0 Å². The molecule has 2 saturated heterocycles. The van der Waals surface area contributed by atoms with Crippen molar-refractivity contribution in [3.05, 3.63) is 0 Å². The van der Waals surface area contributed by atoms with Crippen LogP contribution in [0.1, 0.15) is 20.3 Å². The summed E-state index contributed by atoms with van der Waals surface area (Å²) < 4.78 is 0. The monoisotopic (exact) mass is 277 g/mol. The Labute approximate surface area is 113 Å². The van der Waals surface area contributed by atoms with Crippen molar-refractivity contribution < 1.29 is 0 Å². The van der Waals surface area contributed by atoms with E-state index < -0.39 is 0 Å². The Hall–Kier alpha value is 1.01. The molecule has 4 heteroatoms. The quantitative estimate of drug-likeness (QED) is 0.851. The van der Waals surface area contributed by atoms with Gasteiger partial charge in [0.15, 0.2) is 0 Å². The van der Waals surface area contributed by atoms with Gasteiger partial charge in [0.05, 0.1) is 0 Å². The molecule has 0 aromatic carbocycles. The summed E-state index contributed by atoms with van der Waals surface area (Å²) in [5, 5.41) is 4.65. The fraction of sp³-hybridized carbons (Fsp3) is 1.00. The molecule has 0 aliphatic carbocycles. The molecule has 1 N–H and O–H groups in total. The Morgan fingerprint density at radius 3 is 2.75 bits per heavy atom. The molecule has 0 bridgehead atoms. The van der Waals surface area contributed by atoms with E-state index in [0.717, 1.165) is 11.3 Å². The maximum Gasteiger partial charge on any atom is 0.0263 e. The molecule has 0 radical (unpaired) electrons. The van der Waals surface area contributed by atoms with Crippen LogP contribution in [0.5, 0.6) is 0 Å². The van der Waals surface area contributed by atoms with Gasteiger partial charge in [0.1, 0.15) is 0 Å². The summed E-state index contributed by atoms with van der Waals surface area (Å²) in [7, 11) is 0. The average molecular weight is 278 g/mol. The third-order valence-corrected chi connectivity index (χ3v) is 7.60. The van der Waals surface area contributed by atoms with E-state index in [1.165, 1.54) is 41.7 Å². The van der Waals surface area contributed by atoms with Crippen molar-refractivity contribution in [3.8, 4) is 0 Å². The van der Waals surface area contributed by atoms with Crippen molar-refractivity contribution in [1.29, 1.82) is 0 Å². The van der Waals surface area contributed by atoms with E-state index in [4.69, 9.17) is 0 Å². The zero-order valence-electron chi connectivity index (χ0n) is 10.3. The highest BCUT2D eigenvalue weighted by Crippen LogP contribution is 2.33. The summed E-state index contributed by atoms with van der Waals surface area (Å²) in [6, 6.07) is 0.751. The van der Waals surface area contributed by atoms with Crippen LogP contribution in [-0.2, 0) is 0 Å². The summed E-state index contributed by atoms with van der Waals surface area (Å²) >= 11 is 6.41. The van der Waals surface area contributed by atoms with E-state index in [2.05, 4.69) is 54.4 Å². The highest BCUT2D eigenvalue weighted by Gasteiger charge is 2.28. The smallest absolute Gasteiger partial charge is 0.0263 e. The molecule has 2 unspecified atom stereocenters. The molecule has 2 atom stereocenters. The lowest BCUT2D eigenvalue weighted by Gasteiger charge is -2.36. The van der Waals surface area contributed by atoms with Crippen LogP contribution < -0.4 is 5.32 Å². The van der Waals surface area contributed by atoms with Gasteiger partial charge in [-0.25, -0.2) is 0 Å². The SMILES string of the molecule is CC1(C)CSCC(NCC2CSCCS2)C1. The predicted molar refractivity (Wildman–Crippen MR) is 81.1 cm³/mol. The van der Waals surface area contributed by atoms with E-state index in [0.29, 0.717) is 5.41 Å². The van der Waals surface area contributed by atoms with Crippen molar-refractivity contribution >= 4 is 35.3 Å². The minimum atomic E-state index is 0.537. The molecule has 1 nitrogen and oxygen atoms in total. The van der Waals surface area contributed by atoms with Gasteiger partial charge in [-0.2, -0.15) is 35.3 Å². The van der Waals surface area contributed by atoms with E-state index >= 15 is 0 Å². The van der Waals surface area contributed by atoms with Crippen LogP contribution in [-0.4, -0.2) is 46.6 Å². The highest BCUT2D eigenvalue weighted by molar-refractivity contribution is 8.06. The van der Waals surface area contributed by atoms with Crippen molar-refractivity contribution in [1.82, 2.24) is 5.32 Å². The largest absolute Gasteiger partial charge is 0.312 e. The second-order valence-electron chi connectivity index (χ2n) is 5.56. The lowest BCUT2D eigenvalue weighted by Crippen LogP contribution is -2.43. The Bertz CT molecular complexity index is 214. The molecule has 0 aromatic heterocycles. The minimum absolute atomic E-state index is 0.537. The highest BCUT2D eigenvalue weighted by atomic mass is 32.2. The number of hydrogen-bond acceptors (Lipinski definition) is 4. The summed E-state index contributed by atoms with van der Waals surface area (Å²) in [5.41, 5.74) is 0.537. The number of rotatable bonds is 3. The molecule has 0 amide bonds. The Morgan fingerprint density at radius 1 is 1.19 bits per heavy atom. The number of nitrogens with one attached hydrogen (secondary N) is 1. The molecule has 2 heterocycles. The fourth-order valence-electron chi connectivity index (χ4n) is 2.35. The lowest BCUT2D eigenvalue weighted by atomic mass is 9.88. The van der Waals surface area contributed by atoms with Crippen molar-refractivity contribution in [2.75, 3.05) is 35.3 Å². The zero-order chi connectivity index (χ0) is 11.4. The van der Waals surface area contributed by atoms with Gasteiger partial charge in [-0.15, -0.1) is 0 Å². The van der Waals surface area contributed by atoms with E-state index in [1.54, 1.807) is 0 Å². The van der Waals surface area contributed by atoms with Crippen LogP contribution in [0.3, 0.4) is 0 Å². The molecule has 94 valence electrons. The Kier molecular flexibility index (Phi) is 5.26. The van der Waals surface area contributed by atoms with Crippen LogP contribution in [0.2, 0.25) is 0 Å². The molecule has 0 spiro atoms. The first kappa shape index (κ1) is 13.4. The van der Waals surface area contributed by atoms with Gasteiger partial charge in [-0.05, 0) is 17.6 Å². The first-order chi connectivity index (χ1) is 7.66. The third-order valence-electron chi connectivity index (χ3n) is 3.13. The molecular formula is C12H23NS3. The summed E-state index contributed by atoms with van der Waals surface area (Å²) in [6.07, 6.45) is 1.35. The molecule has 2 aliphatic rings. The molecule has 2 rings (SSSR count). The number of thioether (sulfide) groups is 3. The third kappa shape index (κ3) is 4.35. The first-order valence-corrected chi connectivity index (χ1v) is 9.52. The fourth-order valence-corrected chi connectivity index (χ4v) is 6.28. The number of hydrogen-bond donors (Lipinski definition) is 1. The standard InChI is InChI=1S/C12H23NS3/c1-12(2)5-10(7-15-9-12)13-6-11-8-14-3-4-16-11/h10-11,13H,3-9H2,1-2H3. The van der Waals surface area contributed by atoms with Gasteiger partial charge in [0.25, 0.3) is 0 Å².